The molecule has 0 fully saturated rings. The number of carbonyl (C=O) groups excluding carboxylic acids is 2. The summed E-state index contributed by atoms with van der Waals surface area (Å²) in [7, 11) is 0. The minimum atomic E-state index is -0.133. The molecule has 0 atom stereocenters. The fourth-order valence-electron chi connectivity index (χ4n) is 0.191. The molecule has 0 bridgehead atoms. The van der Waals surface area contributed by atoms with E-state index in [4.69, 9.17) is 0 Å². The van der Waals surface area contributed by atoms with Gasteiger partial charge in [0.05, 0.1) is 0 Å². The molecule has 0 saturated carbocycles. The number of rotatable bonds is 1. The van der Waals surface area contributed by atoms with Crippen LogP contribution in [0.5, 0.6) is 0 Å². The third kappa shape index (κ3) is 103. The summed E-state index contributed by atoms with van der Waals surface area (Å²) in [6.07, 6.45) is 0. The van der Waals surface area contributed by atoms with Gasteiger partial charge in [-0.2, -0.15) is 5.10 Å². The summed E-state index contributed by atoms with van der Waals surface area (Å²) in [5.41, 5.74) is 3.14. The number of ketones is 1. The predicted octanol–water partition coefficient (Wildman–Crippen LogP) is 2.78. The molecule has 0 spiro atoms. The van der Waals surface area contributed by atoms with Gasteiger partial charge in [-0.05, 0) is 27.7 Å². The molecule has 0 unspecified atom stereocenters. The molecule has 92 valence electrons. The molecule has 0 radical (unpaired) electrons. The SMILES string of the molecule is C.CC.CC(=O)NN=C(C)C.CC(C)=O. The van der Waals surface area contributed by atoms with Crippen molar-refractivity contribution in [1.29, 1.82) is 0 Å². The first-order chi connectivity index (χ1) is 6.36. The van der Waals surface area contributed by atoms with Gasteiger partial charge in [0.2, 0.25) is 5.91 Å². The summed E-state index contributed by atoms with van der Waals surface area (Å²) >= 11 is 0. The zero-order valence-corrected chi connectivity index (χ0v) is 10.3. The topological polar surface area (TPSA) is 58.5 Å². The number of nitrogens with zero attached hydrogens (tertiary/aromatic N) is 1. The number of hydrogen-bond acceptors (Lipinski definition) is 3. The maximum Gasteiger partial charge on any atom is 0.236 e. The van der Waals surface area contributed by atoms with Crippen molar-refractivity contribution in [1.82, 2.24) is 5.43 Å². The summed E-state index contributed by atoms with van der Waals surface area (Å²) in [6.45, 7) is 12.1. The van der Waals surface area contributed by atoms with Crippen molar-refractivity contribution in [2.75, 3.05) is 0 Å². The van der Waals surface area contributed by atoms with E-state index < -0.39 is 0 Å². The molecule has 1 amide bonds. The molecular weight excluding hydrogens is 192 g/mol. The van der Waals surface area contributed by atoms with E-state index >= 15 is 0 Å². The van der Waals surface area contributed by atoms with Crippen molar-refractivity contribution >= 4 is 17.4 Å². The molecule has 0 aromatic carbocycles. The Morgan fingerprint density at radius 3 is 1.27 bits per heavy atom. The van der Waals surface area contributed by atoms with Crippen LogP contribution in [-0.2, 0) is 9.59 Å². The molecule has 0 aromatic rings. The van der Waals surface area contributed by atoms with Crippen LogP contribution < -0.4 is 5.43 Å². The van der Waals surface area contributed by atoms with E-state index in [1.807, 2.05) is 27.7 Å². The minimum absolute atomic E-state index is 0. The second-order valence-electron chi connectivity index (χ2n) is 2.64. The first kappa shape index (κ1) is 23.5. The Morgan fingerprint density at radius 1 is 0.933 bits per heavy atom. The lowest BCUT2D eigenvalue weighted by molar-refractivity contribution is -0.119. The van der Waals surface area contributed by atoms with Crippen LogP contribution in [0.1, 0.15) is 55.9 Å². The van der Waals surface area contributed by atoms with Gasteiger partial charge in [0.1, 0.15) is 5.78 Å². The monoisotopic (exact) mass is 218 g/mol. The van der Waals surface area contributed by atoms with Gasteiger partial charge in [-0.3, -0.25) is 4.79 Å². The third-order valence-corrected chi connectivity index (χ3v) is 0.437. The lowest BCUT2D eigenvalue weighted by Crippen LogP contribution is -2.13. The first-order valence-corrected chi connectivity index (χ1v) is 4.61. The summed E-state index contributed by atoms with van der Waals surface area (Å²) < 4.78 is 0. The number of amides is 1. The van der Waals surface area contributed by atoms with E-state index in [1.54, 1.807) is 0 Å². The van der Waals surface area contributed by atoms with Gasteiger partial charge in [0.15, 0.2) is 0 Å². The molecule has 15 heavy (non-hydrogen) atoms. The average molecular weight is 218 g/mol. The quantitative estimate of drug-likeness (QED) is 0.543. The zero-order valence-electron chi connectivity index (χ0n) is 10.3. The third-order valence-electron chi connectivity index (χ3n) is 0.437. The van der Waals surface area contributed by atoms with E-state index in [2.05, 4.69) is 10.5 Å². The Labute approximate surface area is 94.1 Å². The molecule has 4 nitrogen and oxygen atoms in total. The number of hydrogen-bond donors (Lipinski definition) is 1. The Hall–Kier alpha value is -1.19. The molecule has 4 heteroatoms. The van der Waals surface area contributed by atoms with Crippen molar-refractivity contribution < 1.29 is 9.59 Å². The average Bonchev–Trinajstić information content (AvgIpc) is 2.03. The van der Waals surface area contributed by atoms with Gasteiger partial charge in [-0.15, -0.1) is 0 Å². The lowest BCUT2D eigenvalue weighted by Gasteiger charge is -1.90. The first-order valence-electron chi connectivity index (χ1n) is 4.61. The number of carbonyl (C=O) groups is 2. The summed E-state index contributed by atoms with van der Waals surface area (Å²) in [5, 5.41) is 3.64. The van der Waals surface area contributed by atoms with Crippen LogP contribution in [0.4, 0.5) is 0 Å². The van der Waals surface area contributed by atoms with Crippen molar-refractivity contribution in [2.45, 2.75) is 55.9 Å². The molecule has 0 aromatic heterocycles. The van der Waals surface area contributed by atoms with Gasteiger partial charge < -0.3 is 4.79 Å². The fraction of sp³-hybridized carbons (Fsp3) is 0.727. The normalized spacial score (nSPS) is 6.33. The van der Waals surface area contributed by atoms with Gasteiger partial charge >= 0.3 is 0 Å². The summed E-state index contributed by atoms with van der Waals surface area (Å²) in [5.74, 6) is 0.0335. The molecule has 0 aliphatic carbocycles. The summed E-state index contributed by atoms with van der Waals surface area (Å²) in [6, 6.07) is 0. The molecular formula is C11H26N2O2. The molecule has 0 heterocycles. The van der Waals surface area contributed by atoms with Crippen LogP contribution in [0, 0.1) is 0 Å². The maximum absolute atomic E-state index is 10.1. The van der Waals surface area contributed by atoms with Gasteiger partial charge in [-0.1, -0.05) is 21.3 Å². The van der Waals surface area contributed by atoms with E-state index in [-0.39, 0.29) is 19.1 Å². The van der Waals surface area contributed by atoms with E-state index in [0.29, 0.717) is 0 Å². The number of nitrogens with one attached hydrogen (secondary N) is 1. The molecule has 1 N–H and O–H groups in total. The number of Topliss-reactive ketones (excluding diaryl/α,β-unsaturated/α-hetero) is 1. The predicted molar refractivity (Wildman–Crippen MR) is 67.0 cm³/mol. The Balaban J connectivity index is -0.0000000742. The van der Waals surface area contributed by atoms with E-state index in [9.17, 15) is 9.59 Å². The zero-order chi connectivity index (χ0) is 12.1. The van der Waals surface area contributed by atoms with Gasteiger partial charge in [0.25, 0.3) is 0 Å². The van der Waals surface area contributed by atoms with Crippen LogP contribution in [0.2, 0.25) is 0 Å². The largest absolute Gasteiger partial charge is 0.300 e. The standard InChI is InChI=1S/C5H10N2O.C3H6O.C2H6.CH4/c1-4(2)6-7-5(3)8;1-3(2)4;1-2;/h1-3H3,(H,7,8);1-2H3;1-2H3;1H4. The highest BCUT2D eigenvalue weighted by atomic mass is 16.2. The summed E-state index contributed by atoms with van der Waals surface area (Å²) in [4.78, 5) is 19.6. The molecule has 0 aliphatic heterocycles. The Morgan fingerprint density at radius 2 is 1.20 bits per heavy atom. The lowest BCUT2D eigenvalue weighted by atomic mass is 10.5. The smallest absolute Gasteiger partial charge is 0.236 e. The maximum atomic E-state index is 10.1. The van der Waals surface area contributed by atoms with E-state index in [0.717, 1.165) is 5.71 Å². The fourth-order valence-corrected chi connectivity index (χ4v) is 0.191. The Kier molecular flexibility index (Phi) is 29.1. The second-order valence-corrected chi connectivity index (χ2v) is 2.64. The van der Waals surface area contributed by atoms with Gasteiger partial charge in [-0.25, -0.2) is 5.43 Å². The van der Waals surface area contributed by atoms with Crippen molar-refractivity contribution in [2.24, 2.45) is 5.10 Å². The van der Waals surface area contributed by atoms with Gasteiger partial charge in [0, 0.05) is 12.6 Å². The molecule has 0 rings (SSSR count). The van der Waals surface area contributed by atoms with Crippen molar-refractivity contribution in [3.05, 3.63) is 0 Å². The highest BCUT2D eigenvalue weighted by molar-refractivity contribution is 5.81. The number of hydrazone groups is 1. The van der Waals surface area contributed by atoms with Crippen LogP contribution in [-0.4, -0.2) is 17.4 Å². The molecule has 0 aliphatic rings. The van der Waals surface area contributed by atoms with Crippen LogP contribution in [0.15, 0.2) is 5.10 Å². The second kappa shape index (κ2) is 18.6. The highest BCUT2D eigenvalue weighted by Gasteiger charge is 1.82. The van der Waals surface area contributed by atoms with Crippen LogP contribution in [0.25, 0.3) is 0 Å². The van der Waals surface area contributed by atoms with Crippen LogP contribution in [0.3, 0.4) is 0 Å². The van der Waals surface area contributed by atoms with Crippen LogP contribution >= 0.6 is 0 Å². The molecule has 0 saturated heterocycles. The minimum Gasteiger partial charge on any atom is -0.300 e. The van der Waals surface area contributed by atoms with Crippen molar-refractivity contribution in [3.63, 3.8) is 0 Å². The Bertz CT molecular complexity index is 179. The van der Waals surface area contributed by atoms with E-state index in [1.165, 1.54) is 20.8 Å². The van der Waals surface area contributed by atoms with Crippen molar-refractivity contribution in [3.8, 4) is 0 Å². The highest BCUT2D eigenvalue weighted by Crippen LogP contribution is 1.68.